The van der Waals surface area contributed by atoms with Crippen LogP contribution in [0.1, 0.15) is 35.8 Å². The van der Waals surface area contributed by atoms with Crippen molar-refractivity contribution in [1.29, 1.82) is 0 Å². The molecule has 0 radical (unpaired) electrons. The molecule has 3 aliphatic rings. The van der Waals surface area contributed by atoms with Gasteiger partial charge in [-0.15, -0.1) is 0 Å². The molecule has 2 fully saturated rings. The lowest BCUT2D eigenvalue weighted by molar-refractivity contribution is -0.131. The van der Waals surface area contributed by atoms with Gasteiger partial charge in [0.25, 0.3) is 5.91 Å². The van der Waals surface area contributed by atoms with Crippen LogP contribution >= 0.6 is 11.6 Å². The monoisotopic (exact) mass is 604 g/mol. The molecule has 2 aromatic carbocycles. The minimum absolute atomic E-state index is 0.0422. The molecule has 0 spiro atoms. The van der Waals surface area contributed by atoms with E-state index in [1.807, 2.05) is 41.3 Å². The smallest absolute Gasteiger partial charge is 0.318 e. The first kappa shape index (κ1) is 29.3. The van der Waals surface area contributed by atoms with Gasteiger partial charge in [0, 0.05) is 48.1 Å². The number of piperazine rings is 1. The normalized spacial score (nSPS) is 22.3. The number of aromatic nitrogens is 2. The summed E-state index contributed by atoms with van der Waals surface area (Å²) in [5, 5.41) is 2.68. The van der Waals surface area contributed by atoms with Gasteiger partial charge in [0.1, 0.15) is 18.5 Å². The van der Waals surface area contributed by atoms with E-state index in [4.69, 9.17) is 37.6 Å². The van der Waals surface area contributed by atoms with Crippen molar-refractivity contribution in [3.63, 3.8) is 0 Å². The summed E-state index contributed by atoms with van der Waals surface area (Å²) in [4.78, 5) is 31.5. The van der Waals surface area contributed by atoms with Gasteiger partial charge in [-0.3, -0.25) is 4.79 Å². The molecule has 0 aliphatic carbocycles. The molecule has 11 heteroatoms. The van der Waals surface area contributed by atoms with E-state index in [-0.39, 0.29) is 25.8 Å². The maximum absolute atomic E-state index is 13.8. The van der Waals surface area contributed by atoms with Crippen LogP contribution in [0.25, 0.3) is 15.6 Å². The molecule has 3 aliphatic heterocycles. The number of benzene rings is 2. The van der Waals surface area contributed by atoms with E-state index in [1.165, 1.54) is 4.90 Å². The SMILES string of the molecule is [C-]#[N+]C[C@@H]1CN(c2nc(OC[C@H]3CCCN3C)nc3c2COC(c2cccc4cccc(Cl)c24)C3)CCN1C(=O)C(=C)F. The number of rotatable bonds is 7. The van der Waals surface area contributed by atoms with Gasteiger partial charge in [-0.25, -0.2) is 11.0 Å². The molecule has 0 bridgehead atoms. The Morgan fingerprint density at radius 2 is 2.02 bits per heavy atom. The molecule has 43 heavy (non-hydrogen) atoms. The Bertz CT molecular complexity index is 1590. The summed E-state index contributed by atoms with van der Waals surface area (Å²) in [6, 6.07) is 12.0. The fraction of sp³-hybridized carbons (Fsp3) is 0.438. The van der Waals surface area contributed by atoms with Crippen molar-refractivity contribution >= 4 is 34.1 Å². The maximum atomic E-state index is 13.8. The number of ether oxygens (including phenoxy) is 2. The number of amides is 1. The lowest BCUT2D eigenvalue weighted by atomic mass is 9.94. The number of anilines is 1. The van der Waals surface area contributed by atoms with E-state index in [2.05, 4.69) is 23.4 Å². The molecule has 6 rings (SSSR count). The van der Waals surface area contributed by atoms with E-state index >= 15 is 0 Å². The molecule has 224 valence electrons. The van der Waals surface area contributed by atoms with Gasteiger partial charge in [0.2, 0.25) is 6.54 Å². The average Bonchev–Trinajstić information content (AvgIpc) is 3.43. The van der Waals surface area contributed by atoms with Crippen molar-refractivity contribution in [1.82, 2.24) is 19.8 Å². The quantitative estimate of drug-likeness (QED) is 0.278. The van der Waals surface area contributed by atoms with Gasteiger partial charge in [-0.1, -0.05) is 48.5 Å². The predicted molar refractivity (Wildman–Crippen MR) is 163 cm³/mol. The highest BCUT2D eigenvalue weighted by atomic mass is 35.5. The van der Waals surface area contributed by atoms with E-state index < -0.39 is 17.8 Å². The second-order valence-corrected chi connectivity index (χ2v) is 11.8. The molecule has 0 N–H and O–H groups in total. The van der Waals surface area contributed by atoms with Gasteiger partial charge in [0.05, 0.1) is 18.4 Å². The number of carbonyl (C=O) groups excluding carboxylic acids is 1. The van der Waals surface area contributed by atoms with Crippen LogP contribution in [0.4, 0.5) is 10.2 Å². The van der Waals surface area contributed by atoms with Crippen LogP contribution in [0, 0.1) is 6.57 Å². The van der Waals surface area contributed by atoms with Crippen molar-refractivity contribution in [2.24, 2.45) is 0 Å². The van der Waals surface area contributed by atoms with E-state index in [0.717, 1.165) is 47.0 Å². The van der Waals surface area contributed by atoms with Gasteiger partial charge >= 0.3 is 6.01 Å². The van der Waals surface area contributed by atoms with Crippen LogP contribution < -0.4 is 9.64 Å². The Hall–Kier alpha value is -3.78. The first-order valence-corrected chi connectivity index (χ1v) is 15.0. The van der Waals surface area contributed by atoms with Crippen molar-refractivity contribution in [3.8, 4) is 6.01 Å². The largest absolute Gasteiger partial charge is 0.462 e. The molecule has 1 aromatic heterocycles. The molecule has 1 amide bonds. The number of likely N-dealkylation sites (N-methyl/N-ethyl adjacent to an activating group) is 1. The summed E-state index contributed by atoms with van der Waals surface area (Å²) >= 11 is 6.65. The fourth-order valence-electron chi connectivity index (χ4n) is 6.44. The number of likely N-dealkylation sites (tertiary alicyclic amines) is 1. The van der Waals surface area contributed by atoms with Gasteiger partial charge < -0.3 is 29.0 Å². The Balaban J connectivity index is 1.34. The van der Waals surface area contributed by atoms with E-state index in [1.54, 1.807) is 0 Å². The second-order valence-electron chi connectivity index (χ2n) is 11.4. The van der Waals surface area contributed by atoms with Crippen molar-refractivity contribution in [2.45, 2.75) is 44.1 Å². The Labute approximate surface area is 255 Å². The van der Waals surface area contributed by atoms with Gasteiger partial charge in [-0.05, 0) is 43.5 Å². The van der Waals surface area contributed by atoms with Crippen molar-refractivity contribution in [3.05, 3.63) is 82.1 Å². The Kier molecular flexibility index (Phi) is 8.48. The third kappa shape index (κ3) is 5.90. The molecule has 4 heterocycles. The Morgan fingerprint density at radius 3 is 2.77 bits per heavy atom. The zero-order valence-corrected chi connectivity index (χ0v) is 24.9. The lowest BCUT2D eigenvalue weighted by Gasteiger charge is -2.40. The summed E-state index contributed by atoms with van der Waals surface area (Å²) in [6.45, 7) is 13.4. The summed E-state index contributed by atoms with van der Waals surface area (Å²) in [5.74, 6) is -1.14. The number of halogens is 2. The highest BCUT2D eigenvalue weighted by Gasteiger charge is 2.37. The summed E-state index contributed by atoms with van der Waals surface area (Å²) in [6.07, 6.45) is 2.41. The second kappa shape index (κ2) is 12.4. The number of fused-ring (bicyclic) bond motifs is 2. The third-order valence-corrected chi connectivity index (χ3v) is 9.06. The fourth-order valence-corrected chi connectivity index (χ4v) is 6.73. The highest BCUT2D eigenvalue weighted by molar-refractivity contribution is 6.35. The predicted octanol–water partition coefficient (Wildman–Crippen LogP) is 4.99. The Morgan fingerprint density at radius 1 is 1.21 bits per heavy atom. The lowest BCUT2D eigenvalue weighted by Crippen LogP contribution is -2.57. The molecule has 9 nitrogen and oxygen atoms in total. The van der Waals surface area contributed by atoms with Crippen LogP contribution in [0.15, 0.2) is 48.8 Å². The zero-order valence-electron chi connectivity index (χ0n) is 24.1. The molecule has 3 aromatic rings. The van der Waals surface area contributed by atoms with Crippen molar-refractivity contribution in [2.75, 3.05) is 51.3 Å². The molecule has 0 saturated carbocycles. The van der Waals surface area contributed by atoms with Crippen molar-refractivity contribution < 1.29 is 18.7 Å². The summed E-state index contributed by atoms with van der Waals surface area (Å²) < 4.78 is 26.5. The first-order valence-electron chi connectivity index (χ1n) is 14.6. The minimum Gasteiger partial charge on any atom is -0.462 e. The van der Waals surface area contributed by atoms with Gasteiger partial charge in [0.15, 0.2) is 5.83 Å². The van der Waals surface area contributed by atoms with E-state index in [9.17, 15) is 9.18 Å². The zero-order chi connectivity index (χ0) is 30.1. The number of carbonyl (C=O) groups is 1. The topological polar surface area (TPSA) is 75.4 Å². The standard InChI is InChI=1S/C32H34ClFN6O3/c1-20(34)31(41)40-14-13-39(17-23(40)16-35-2)30-25-19-42-28(24-10-4-7-21-8-5-11-26(33)29(21)24)15-27(25)36-32(37-30)43-18-22-9-6-12-38(22)3/h4-5,7-8,10-11,22-23,28H,1,6,9,12-19H2,3H3/t22-,23-,28?/m1/s1. The number of hydrogen-bond donors (Lipinski definition) is 0. The first-order chi connectivity index (χ1) is 20.8. The van der Waals surface area contributed by atoms with Crippen LogP contribution in [0.5, 0.6) is 6.01 Å². The minimum atomic E-state index is -1.02. The van der Waals surface area contributed by atoms with Gasteiger partial charge in [-0.2, -0.15) is 9.97 Å². The molecular formula is C32H34ClFN6O3. The number of hydrogen-bond acceptors (Lipinski definition) is 7. The molecule has 1 unspecified atom stereocenters. The molecule has 2 saturated heterocycles. The highest BCUT2D eigenvalue weighted by Crippen LogP contribution is 2.39. The molecular weight excluding hydrogens is 571 g/mol. The van der Waals surface area contributed by atoms with Crippen LogP contribution in [0.2, 0.25) is 5.02 Å². The number of nitrogens with zero attached hydrogens (tertiary/aromatic N) is 6. The maximum Gasteiger partial charge on any atom is 0.318 e. The van der Waals surface area contributed by atoms with Crippen LogP contribution in [-0.4, -0.2) is 84.1 Å². The van der Waals surface area contributed by atoms with Crippen LogP contribution in [-0.2, 0) is 22.6 Å². The summed E-state index contributed by atoms with van der Waals surface area (Å²) in [5.41, 5.74) is 2.68. The average molecular weight is 605 g/mol. The third-order valence-electron chi connectivity index (χ3n) is 8.74. The summed E-state index contributed by atoms with van der Waals surface area (Å²) in [7, 11) is 2.10. The van der Waals surface area contributed by atoms with E-state index in [0.29, 0.717) is 49.0 Å². The van der Waals surface area contributed by atoms with Crippen LogP contribution in [0.3, 0.4) is 0 Å². The molecule has 3 atom stereocenters.